The highest BCUT2D eigenvalue weighted by Crippen LogP contribution is 1.94. The number of carbonyl (C=O) groups excluding carboxylic acids is 2. The Kier molecular flexibility index (Phi) is 35.0. The van der Waals surface area contributed by atoms with Gasteiger partial charge in [0.15, 0.2) is 0 Å². The molecule has 0 aliphatic rings. The highest BCUT2D eigenvalue weighted by Gasteiger charge is 2.00. The first-order chi connectivity index (χ1) is 14.1. The number of carboxylic acid groups (broad SMARTS) is 2. The molecule has 0 aromatic heterocycles. The lowest BCUT2D eigenvalue weighted by Gasteiger charge is -2.01. The van der Waals surface area contributed by atoms with Crippen molar-refractivity contribution >= 4 is 23.9 Å². The number of esters is 2. The van der Waals surface area contributed by atoms with E-state index in [4.69, 9.17) is 25.0 Å². The summed E-state index contributed by atoms with van der Waals surface area (Å²) in [5, 5.41) is 23.1. The molecule has 0 aliphatic carbocycles. The predicted molar refractivity (Wildman–Crippen MR) is 119 cm³/mol. The number of nitrogens with zero attached hydrogens (tertiary/aromatic N) is 1. The Morgan fingerprint density at radius 1 is 0.968 bits per heavy atom. The lowest BCUT2D eigenvalue weighted by atomic mass is 10.3. The van der Waals surface area contributed by atoms with E-state index in [1.807, 2.05) is 6.07 Å². The number of hydrogen-bond donors (Lipinski definition) is 2. The second kappa shape index (κ2) is 28.5. The molecule has 9 nitrogen and oxygen atoms in total. The smallest absolute Gasteiger partial charge is 0.333 e. The van der Waals surface area contributed by atoms with Gasteiger partial charge in [0.25, 0.3) is 5.97 Å². The van der Waals surface area contributed by atoms with Crippen molar-refractivity contribution in [2.24, 2.45) is 0 Å². The number of allylic oxidation sites excluding steroid dienone is 1. The molecule has 0 saturated heterocycles. The fourth-order valence-corrected chi connectivity index (χ4v) is 0.550. The van der Waals surface area contributed by atoms with E-state index in [0.29, 0.717) is 17.8 Å². The summed E-state index contributed by atoms with van der Waals surface area (Å²) in [7, 11) is 0. The number of unbranched alkanes of at least 4 members (excludes halogenated alkanes) is 1. The summed E-state index contributed by atoms with van der Waals surface area (Å²) in [6.45, 7) is 22.8. The molecule has 0 fully saturated rings. The van der Waals surface area contributed by atoms with E-state index in [-0.39, 0.29) is 17.5 Å². The van der Waals surface area contributed by atoms with Gasteiger partial charge in [0.2, 0.25) is 0 Å². The fourth-order valence-electron chi connectivity index (χ4n) is 0.550. The maximum atomic E-state index is 10.7. The van der Waals surface area contributed by atoms with E-state index in [0.717, 1.165) is 26.0 Å². The summed E-state index contributed by atoms with van der Waals surface area (Å²) in [6, 6.07) is 1.83. The summed E-state index contributed by atoms with van der Waals surface area (Å²) in [5.41, 5.74) is 1.20. The van der Waals surface area contributed by atoms with Gasteiger partial charge in [-0.15, -0.1) is 0 Å². The van der Waals surface area contributed by atoms with Crippen molar-refractivity contribution in [1.29, 1.82) is 5.26 Å². The monoisotopic (exact) mass is 441 g/mol. The van der Waals surface area contributed by atoms with Crippen LogP contribution in [0, 0.1) is 11.3 Å². The summed E-state index contributed by atoms with van der Waals surface area (Å²) >= 11 is 0. The van der Waals surface area contributed by atoms with E-state index in [1.54, 1.807) is 13.8 Å². The Morgan fingerprint density at radius 3 is 1.45 bits per heavy atom. The van der Waals surface area contributed by atoms with Crippen LogP contribution < -0.4 is 0 Å². The van der Waals surface area contributed by atoms with E-state index < -0.39 is 11.9 Å². The molecule has 31 heavy (non-hydrogen) atoms. The van der Waals surface area contributed by atoms with Crippen LogP contribution in [-0.2, 0) is 28.7 Å². The van der Waals surface area contributed by atoms with Gasteiger partial charge in [0.1, 0.15) is 0 Å². The van der Waals surface area contributed by atoms with E-state index in [1.165, 1.54) is 13.8 Å². The Bertz CT molecular complexity index is 626. The first-order valence-corrected chi connectivity index (χ1v) is 8.85. The summed E-state index contributed by atoms with van der Waals surface area (Å²) in [6.07, 6.45) is 3.07. The number of hydrogen-bond acceptors (Lipinski definition) is 7. The highest BCUT2D eigenvalue weighted by molar-refractivity contribution is 5.86. The molecule has 0 unspecified atom stereocenters. The topological polar surface area (TPSA) is 151 Å². The van der Waals surface area contributed by atoms with E-state index in [9.17, 15) is 14.4 Å². The standard InChI is InChI=1S/C8H14O2.C4H5N.2C4H6O2.C2H4O2/c1-4-5-6-10-8(9)7(2)3;1-4(2)3-5;1-3-6-4(2)5;1-3(2)4(5)6;1-2(3)4/h2,4-6H2,1,3H3;1H2,2H3;3H,1H2,2H3;1H2,2H3,(H,5,6);1H3,(H,3,4). The van der Waals surface area contributed by atoms with Gasteiger partial charge in [-0.3, -0.25) is 9.59 Å². The van der Waals surface area contributed by atoms with Crippen LogP contribution in [0.1, 0.15) is 54.4 Å². The molecule has 176 valence electrons. The number of carbonyl (C=O) groups is 4. The number of aliphatic carboxylic acids is 2. The minimum absolute atomic E-state index is 0.176. The molecule has 0 heterocycles. The minimum atomic E-state index is -0.935. The zero-order valence-corrected chi connectivity index (χ0v) is 19.3. The molecule has 0 aromatic carbocycles. The maximum Gasteiger partial charge on any atom is 0.333 e. The van der Waals surface area contributed by atoms with E-state index >= 15 is 0 Å². The number of nitriles is 1. The number of carboxylic acids is 2. The largest absolute Gasteiger partial charge is 0.481 e. The summed E-state index contributed by atoms with van der Waals surface area (Å²) < 4.78 is 8.97. The zero-order valence-electron chi connectivity index (χ0n) is 19.3. The fraction of sp³-hybridized carbons (Fsp3) is 0.409. The number of ether oxygens (including phenoxy) is 2. The summed E-state index contributed by atoms with van der Waals surface area (Å²) in [5.74, 6) is -2.38. The van der Waals surface area contributed by atoms with Crippen LogP contribution in [0.15, 0.2) is 49.3 Å². The first kappa shape index (κ1) is 38.0. The van der Waals surface area contributed by atoms with Crippen molar-refractivity contribution in [1.82, 2.24) is 0 Å². The van der Waals surface area contributed by atoms with Crippen molar-refractivity contribution in [3.63, 3.8) is 0 Å². The molecule has 0 aliphatic heterocycles. The normalized spacial score (nSPS) is 7.39. The van der Waals surface area contributed by atoms with Crippen LogP contribution in [0.5, 0.6) is 0 Å². The highest BCUT2D eigenvalue weighted by atomic mass is 16.5. The van der Waals surface area contributed by atoms with Gasteiger partial charge in [0, 0.05) is 30.6 Å². The Morgan fingerprint density at radius 2 is 1.32 bits per heavy atom. The third kappa shape index (κ3) is 75.9. The molecule has 0 atom stereocenters. The molecule has 2 N–H and O–H groups in total. The van der Waals surface area contributed by atoms with Crippen LogP contribution in [0.2, 0.25) is 0 Å². The van der Waals surface area contributed by atoms with Crippen molar-refractivity contribution in [3.8, 4) is 6.07 Å². The third-order valence-corrected chi connectivity index (χ3v) is 1.88. The lowest BCUT2D eigenvalue weighted by molar-refractivity contribution is -0.139. The first-order valence-electron chi connectivity index (χ1n) is 8.85. The van der Waals surface area contributed by atoms with Crippen LogP contribution in [0.3, 0.4) is 0 Å². The second-order valence-corrected chi connectivity index (χ2v) is 5.54. The summed E-state index contributed by atoms with van der Waals surface area (Å²) in [4.78, 5) is 39.0. The third-order valence-electron chi connectivity index (χ3n) is 1.88. The molecule has 0 rings (SSSR count). The van der Waals surface area contributed by atoms with Crippen LogP contribution in [0.25, 0.3) is 0 Å². The van der Waals surface area contributed by atoms with Gasteiger partial charge < -0.3 is 19.7 Å². The van der Waals surface area contributed by atoms with Crippen molar-refractivity contribution in [2.45, 2.75) is 54.4 Å². The van der Waals surface area contributed by atoms with Crippen LogP contribution in [-0.4, -0.2) is 40.7 Å². The molecule has 0 amide bonds. The van der Waals surface area contributed by atoms with Gasteiger partial charge in [0.05, 0.1) is 18.9 Å². The minimum Gasteiger partial charge on any atom is -0.481 e. The van der Waals surface area contributed by atoms with Gasteiger partial charge in [-0.25, -0.2) is 9.59 Å². The Balaban J connectivity index is -0.0000000948. The average Bonchev–Trinajstić information content (AvgIpc) is 2.62. The predicted octanol–water partition coefficient (Wildman–Crippen LogP) is 4.42. The van der Waals surface area contributed by atoms with Crippen LogP contribution >= 0.6 is 0 Å². The lowest BCUT2D eigenvalue weighted by Crippen LogP contribution is -2.05. The Labute approximate surface area is 185 Å². The molecular weight excluding hydrogens is 406 g/mol. The van der Waals surface area contributed by atoms with Gasteiger partial charge in [-0.1, -0.05) is 39.7 Å². The van der Waals surface area contributed by atoms with Gasteiger partial charge >= 0.3 is 17.9 Å². The van der Waals surface area contributed by atoms with Crippen molar-refractivity contribution < 1.29 is 38.9 Å². The maximum absolute atomic E-state index is 10.7. The van der Waals surface area contributed by atoms with Crippen molar-refractivity contribution in [2.75, 3.05) is 6.61 Å². The van der Waals surface area contributed by atoms with Crippen molar-refractivity contribution in [3.05, 3.63) is 49.3 Å². The van der Waals surface area contributed by atoms with Gasteiger partial charge in [-0.05, 0) is 27.2 Å². The molecule has 0 radical (unpaired) electrons. The quantitative estimate of drug-likeness (QED) is 0.200. The molecular formula is C22H35NO8. The molecule has 0 aromatic rings. The van der Waals surface area contributed by atoms with Gasteiger partial charge in [-0.2, -0.15) is 5.26 Å². The molecule has 0 spiro atoms. The number of rotatable bonds is 6. The Hall–Kier alpha value is -3.67. The molecule has 0 bridgehead atoms. The van der Waals surface area contributed by atoms with Crippen LogP contribution in [0.4, 0.5) is 0 Å². The van der Waals surface area contributed by atoms with E-state index in [2.05, 4.69) is 38.0 Å². The molecule has 0 saturated carbocycles. The molecule has 9 heteroatoms. The zero-order chi connectivity index (χ0) is 26.0. The average molecular weight is 442 g/mol. The second-order valence-electron chi connectivity index (χ2n) is 5.54. The SMILES string of the molecule is C=C(C)C#N.C=C(C)C(=O)O.C=C(C)C(=O)OCCCC.C=COC(C)=O.CC(=O)O.